The minimum absolute atomic E-state index is 0.0717. The molecule has 1 atom stereocenters. The Hall–Kier alpha value is -1.31. The van der Waals surface area contributed by atoms with Crippen LogP contribution in [0.15, 0.2) is 24.3 Å². The van der Waals surface area contributed by atoms with E-state index in [9.17, 15) is 4.79 Å². The van der Waals surface area contributed by atoms with Crippen molar-refractivity contribution in [2.24, 2.45) is 0 Å². The van der Waals surface area contributed by atoms with E-state index in [1.807, 2.05) is 31.2 Å². The van der Waals surface area contributed by atoms with Gasteiger partial charge in [-0.1, -0.05) is 25.1 Å². The van der Waals surface area contributed by atoms with Crippen molar-refractivity contribution in [3.63, 3.8) is 0 Å². The zero-order chi connectivity index (χ0) is 9.26. The van der Waals surface area contributed by atoms with E-state index in [4.69, 9.17) is 4.74 Å². The summed E-state index contributed by atoms with van der Waals surface area (Å²) in [6.07, 6.45) is 1.82. The van der Waals surface area contributed by atoms with E-state index in [0.717, 1.165) is 24.0 Å². The molecular weight excluding hydrogens is 164 g/mol. The molecule has 1 heterocycles. The SMILES string of the molecule is CC[C@@H]1Cc2ccccc2C(=O)O1. The number of ether oxygens (including phenoxy) is 1. The van der Waals surface area contributed by atoms with Gasteiger partial charge in [0, 0.05) is 6.42 Å². The maximum Gasteiger partial charge on any atom is 0.338 e. The number of carbonyl (C=O) groups is 1. The van der Waals surface area contributed by atoms with Crippen LogP contribution in [0, 0.1) is 0 Å². The summed E-state index contributed by atoms with van der Waals surface area (Å²) in [6.45, 7) is 2.03. The summed E-state index contributed by atoms with van der Waals surface area (Å²) in [5.74, 6) is -0.172. The number of hydrogen-bond donors (Lipinski definition) is 0. The highest BCUT2D eigenvalue weighted by molar-refractivity contribution is 5.92. The van der Waals surface area contributed by atoms with E-state index in [1.54, 1.807) is 0 Å². The summed E-state index contributed by atoms with van der Waals surface area (Å²) in [4.78, 5) is 11.4. The first-order chi connectivity index (χ1) is 6.31. The second kappa shape index (κ2) is 3.21. The molecule has 1 aliphatic rings. The quantitative estimate of drug-likeness (QED) is 0.613. The zero-order valence-electron chi connectivity index (χ0n) is 7.62. The maximum atomic E-state index is 11.4. The highest BCUT2D eigenvalue weighted by Crippen LogP contribution is 2.21. The molecule has 2 nitrogen and oxygen atoms in total. The van der Waals surface area contributed by atoms with Crippen molar-refractivity contribution >= 4 is 5.97 Å². The minimum Gasteiger partial charge on any atom is -0.458 e. The number of hydrogen-bond acceptors (Lipinski definition) is 2. The molecule has 2 rings (SSSR count). The van der Waals surface area contributed by atoms with Gasteiger partial charge in [0.1, 0.15) is 6.10 Å². The van der Waals surface area contributed by atoms with Crippen LogP contribution >= 0.6 is 0 Å². The van der Waals surface area contributed by atoms with Gasteiger partial charge < -0.3 is 4.74 Å². The fourth-order valence-electron chi connectivity index (χ4n) is 1.63. The third-order valence-electron chi connectivity index (χ3n) is 2.41. The molecule has 0 bridgehead atoms. The fraction of sp³-hybridized carbons (Fsp3) is 0.364. The van der Waals surface area contributed by atoms with Gasteiger partial charge >= 0.3 is 5.97 Å². The minimum atomic E-state index is -0.172. The number of benzene rings is 1. The zero-order valence-corrected chi connectivity index (χ0v) is 7.62. The van der Waals surface area contributed by atoms with Crippen LogP contribution in [0.4, 0.5) is 0 Å². The molecule has 0 unspecified atom stereocenters. The average Bonchev–Trinajstić information content (AvgIpc) is 2.18. The molecule has 1 aliphatic heterocycles. The third-order valence-corrected chi connectivity index (χ3v) is 2.41. The summed E-state index contributed by atoms with van der Waals surface area (Å²) in [6, 6.07) is 7.65. The molecule has 0 aliphatic carbocycles. The van der Waals surface area contributed by atoms with Crippen LogP contribution in [-0.4, -0.2) is 12.1 Å². The number of carbonyl (C=O) groups excluding carboxylic acids is 1. The van der Waals surface area contributed by atoms with E-state index in [1.165, 1.54) is 0 Å². The summed E-state index contributed by atoms with van der Waals surface area (Å²) in [5.41, 5.74) is 1.85. The van der Waals surface area contributed by atoms with Crippen LogP contribution < -0.4 is 0 Å². The first-order valence-corrected chi connectivity index (χ1v) is 4.60. The van der Waals surface area contributed by atoms with Crippen molar-refractivity contribution in [2.45, 2.75) is 25.9 Å². The summed E-state index contributed by atoms with van der Waals surface area (Å²) < 4.78 is 5.22. The molecule has 0 saturated carbocycles. The Morgan fingerprint density at radius 1 is 1.46 bits per heavy atom. The summed E-state index contributed by atoms with van der Waals surface area (Å²) in [7, 11) is 0. The molecule has 1 aromatic rings. The van der Waals surface area contributed by atoms with E-state index < -0.39 is 0 Å². The molecule has 0 saturated heterocycles. The Labute approximate surface area is 77.5 Å². The number of esters is 1. The topological polar surface area (TPSA) is 26.3 Å². The van der Waals surface area contributed by atoms with Crippen LogP contribution in [0.5, 0.6) is 0 Å². The van der Waals surface area contributed by atoms with Crippen molar-refractivity contribution in [3.8, 4) is 0 Å². The predicted octanol–water partition coefficient (Wildman–Crippen LogP) is 2.18. The molecule has 0 N–H and O–H groups in total. The lowest BCUT2D eigenvalue weighted by molar-refractivity contribution is 0.0249. The van der Waals surface area contributed by atoms with Gasteiger partial charge in [-0.05, 0) is 18.1 Å². The van der Waals surface area contributed by atoms with Crippen molar-refractivity contribution in [3.05, 3.63) is 35.4 Å². The predicted molar refractivity (Wildman–Crippen MR) is 49.6 cm³/mol. The molecule has 0 fully saturated rings. The van der Waals surface area contributed by atoms with Crippen molar-refractivity contribution < 1.29 is 9.53 Å². The monoisotopic (exact) mass is 176 g/mol. The second-order valence-electron chi connectivity index (χ2n) is 3.30. The van der Waals surface area contributed by atoms with E-state index >= 15 is 0 Å². The van der Waals surface area contributed by atoms with E-state index in [0.29, 0.717) is 0 Å². The molecule has 13 heavy (non-hydrogen) atoms. The smallest absolute Gasteiger partial charge is 0.338 e. The van der Waals surface area contributed by atoms with Gasteiger partial charge in [-0.25, -0.2) is 4.79 Å². The molecule has 68 valence electrons. The van der Waals surface area contributed by atoms with Gasteiger partial charge in [-0.15, -0.1) is 0 Å². The third kappa shape index (κ3) is 1.44. The first-order valence-electron chi connectivity index (χ1n) is 4.60. The average molecular weight is 176 g/mol. The Bertz CT molecular complexity index is 331. The molecule has 0 radical (unpaired) electrons. The standard InChI is InChI=1S/C11H12O2/c1-2-9-7-8-5-3-4-6-10(8)11(12)13-9/h3-6,9H,2,7H2,1H3/t9-/m1/s1. The van der Waals surface area contributed by atoms with Crippen LogP contribution in [0.25, 0.3) is 0 Å². The van der Waals surface area contributed by atoms with Gasteiger partial charge in [0.2, 0.25) is 0 Å². The highest BCUT2D eigenvalue weighted by atomic mass is 16.5. The van der Waals surface area contributed by atoms with E-state index in [-0.39, 0.29) is 12.1 Å². The Kier molecular flexibility index (Phi) is 2.05. The Morgan fingerprint density at radius 2 is 2.23 bits per heavy atom. The highest BCUT2D eigenvalue weighted by Gasteiger charge is 2.24. The molecule has 2 heteroatoms. The lowest BCUT2D eigenvalue weighted by Gasteiger charge is -2.23. The lowest BCUT2D eigenvalue weighted by Crippen LogP contribution is -2.26. The Morgan fingerprint density at radius 3 is 3.00 bits per heavy atom. The molecule has 0 amide bonds. The number of rotatable bonds is 1. The van der Waals surface area contributed by atoms with Crippen molar-refractivity contribution in [2.75, 3.05) is 0 Å². The normalized spacial score (nSPS) is 20.7. The number of cyclic esters (lactones) is 1. The molecule has 1 aromatic carbocycles. The lowest BCUT2D eigenvalue weighted by atomic mass is 9.98. The van der Waals surface area contributed by atoms with Crippen LogP contribution in [0.3, 0.4) is 0 Å². The number of fused-ring (bicyclic) bond motifs is 1. The Balaban J connectivity index is 2.37. The van der Waals surface area contributed by atoms with Gasteiger partial charge in [0.15, 0.2) is 0 Å². The van der Waals surface area contributed by atoms with Crippen LogP contribution in [-0.2, 0) is 11.2 Å². The van der Waals surface area contributed by atoms with Crippen molar-refractivity contribution in [1.29, 1.82) is 0 Å². The maximum absolute atomic E-state index is 11.4. The molecular formula is C11H12O2. The van der Waals surface area contributed by atoms with Gasteiger partial charge in [-0.3, -0.25) is 0 Å². The molecule has 0 spiro atoms. The van der Waals surface area contributed by atoms with Crippen LogP contribution in [0.2, 0.25) is 0 Å². The molecule has 0 aromatic heterocycles. The van der Waals surface area contributed by atoms with Gasteiger partial charge in [0.05, 0.1) is 5.56 Å². The van der Waals surface area contributed by atoms with Gasteiger partial charge in [-0.2, -0.15) is 0 Å². The van der Waals surface area contributed by atoms with Crippen molar-refractivity contribution in [1.82, 2.24) is 0 Å². The van der Waals surface area contributed by atoms with E-state index in [2.05, 4.69) is 0 Å². The fourth-order valence-corrected chi connectivity index (χ4v) is 1.63. The largest absolute Gasteiger partial charge is 0.458 e. The summed E-state index contributed by atoms with van der Waals surface area (Å²) >= 11 is 0. The second-order valence-corrected chi connectivity index (χ2v) is 3.30. The first kappa shape index (κ1) is 8.30. The van der Waals surface area contributed by atoms with Crippen LogP contribution in [0.1, 0.15) is 29.3 Å². The van der Waals surface area contributed by atoms with Gasteiger partial charge in [0.25, 0.3) is 0 Å². The summed E-state index contributed by atoms with van der Waals surface area (Å²) in [5, 5.41) is 0.